The molecule has 1 aromatic carbocycles. The summed E-state index contributed by atoms with van der Waals surface area (Å²) in [5.41, 5.74) is 7.34. The number of nitrogens with zero attached hydrogens (tertiary/aromatic N) is 6. The van der Waals surface area contributed by atoms with Crippen molar-refractivity contribution >= 4 is 48.9 Å². The highest BCUT2D eigenvalue weighted by Gasteiger charge is 2.31. The highest BCUT2D eigenvalue weighted by Crippen LogP contribution is 2.35. The quantitative estimate of drug-likeness (QED) is 0.332. The van der Waals surface area contributed by atoms with E-state index in [1.54, 1.807) is 17.0 Å². The maximum atomic E-state index is 15.7. The average molecular weight is 598 g/mol. The van der Waals surface area contributed by atoms with Crippen LogP contribution in [-0.2, 0) is 21.1 Å². The van der Waals surface area contributed by atoms with E-state index >= 15 is 4.39 Å². The Morgan fingerprint density at radius 3 is 2.63 bits per heavy atom. The summed E-state index contributed by atoms with van der Waals surface area (Å²) in [4.78, 5) is 42.6. The van der Waals surface area contributed by atoms with Crippen molar-refractivity contribution in [3.05, 3.63) is 64.3 Å². The van der Waals surface area contributed by atoms with Crippen molar-refractivity contribution < 1.29 is 17.6 Å². The molecule has 1 fully saturated rings. The number of thiazole rings is 1. The molecule has 3 aromatic heterocycles. The third kappa shape index (κ3) is 4.97. The summed E-state index contributed by atoms with van der Waals surface area (Å²) < 4.78 is 42.6. The number of nitrogen functional groups attached to an aromatic ring is 1. The summed E-state index contributed by atoms with van der Waals surface area (Å²) in [6, 6.07) is 5.67. The fourth-order valence-corrected chi connectivity index (χ4v) is 6.56. The molecule has 1 aliphatic rings. The van der Waals surface area contributed by atoms with Gasteiger partial charge in [0.05, 0.1) is 21.5 Å². The smallest absolute Gasteiger partial charge is 0.355 e. The highest BCUT2D eigenvalue weighted by molar-refractivity contribution is 7.90. The molecule has 4 heterocycles. The van der Waals surface area contributed by atoms with E-state index in [0.717, 1.165) is 22.2 Å². The number of halogens is 1. The Morgan fingerprint density at radius 2 is 2.02 bits per heavy atom. The first kappa shape index (κ1) is 28.4. The van der Waals surface area contributed by atoms with E-state index in [1.165, 1.54) is 23.7 Å². The van der Waals surface area contributed by atoms with E-state index in [0.29, 0.717) is 31.6 Å². The molecule has 11 nitrogen and oxygen atoms in total. The Bertz CT molecular complexity index is 1870. The summed E-state index contributed by atoms with van der Waals surface area (Å²) in [6.45, 7) is 8.22. The number of fused-ring (bicyclic) bond motifs is 1. The van der Waals surface area contributed by atoms with Gasteiger partial charge in [0.25, 0.3) is 0 Å². The third-order valence-electron chi connectivity index (χ3n) is 7.09. The second kappa shape index (κ2) is 10.7. The molecule has 1 amide bonds. The van der Waals surface area contributed by atoms with Gasteiger partial charge in [-0.2, -0.15) is 4.98 Å². The number of nitrogens with two attached hydrogens (primary N) is 1. The van der Waals surface area contributed by atoms with E-state index in [1.807, 2.05) is 18.7 Å². The molecular weight excluding hydrogens is 569 g/mol. The lowest BCUT2D eigenvalue weighted by Crippen LogP contribution is -2.54. The van der Waals surface area contributed by atoms with Gasteiger partial charge in [-0.15, -0.1) is 11.3 Å². The predicted molar refractivity (Wildman–Crippen MR) is 157 cm³/mol. The van der Waals surface area contributed by atoms with Crippen LogP contribution in [0.15, 0.2) is 52.1 Å². The number of piperazine rings is 1. The van der Waals surface area contributed by atoms with Crippen LogP contribution < -0.4 is 16.3 Å². The van der Waals surface area contributed by atoms with E-state index in [9.17, 15) is 18.0 Å². The maximum Gasteiger partial charge on any atom is 0.355 e. The van der Waals surface area contributed by atoms with Crippen LogP contribution in [0.1, 0.15) is 19.4 Å². The second-order valence-corrected chi connectivity index (χ2v) is 12.6. The Balaban J connectivity index is 1.85. The zero-order chi connectivity index (χ0) is 29.6. The van der Waals surface area contributed by atoms with Gasteiger partial charge < -0.3 is 15.5 Å². The minimum atomic E-state index is -3.80. The van der Waals surface area contributed by atoms with Crippen molar-refractivity contribution in [2.75, 3.05) is 36.5 Å². The lowest BCUT2D eigenvalue weighted by Gasteiger charge is -2.40. The molecule has 0 unspecified atom stereocenters. The molecule has 5 rings (SSSR count). The standard InChI is InChI=1S/C27H28FN7O4S2/c1-5-16-8-7-9-19(41(4,38)39)23(16)35-26-17(12-18(28)21(31-26)22-24(29)40-14-30-22)25(32-27(35)37)34-11-10-33(13-15(34)3)20(36)6-2/h6-9,12,14-15H,2,5,10-11,13,29H2,1,3-4H3/t15-/m0/s1. The van der Waals surface area contributed by atoms with Gasteiger partial charge in [0.1, 0.15) is 22.2 Å². The van der Waals surface area contributed by atoms with Gasteiger partial charge in [-0.3, -0.25) is 4.79 Å². The van der Waals surface area contributed by atoms with Crippen LogP contribution in [0.3, 0.4) is 0 Å². The molecule has 214 valence electrons. The lowest BCUT2D eigenvalue weighted by atomic mass is 10.1. The van der Waals surface area contributed by atoms with Crippen LogP contribution in [-0.4, -0.2) is 70.7 Å². The fourth-order valence-electron chi connectivity index (χ4n) is 5.13. The molecule has 0 spiro atoms. The molecule has 14 heteroatoms. The summed E-state index contributed by atoms with van der Waals surface area (Å²) in [7, 11) is -3.80. The van der Waals surface area contributed by atoms with Crippen LogP contribution in [0.4, 0.5) is 15.2 Å². The largest absolute Gasteiger partial charge is 0.389 e. The van der Waals surface area contributed by atoms with Gasteiger partial charge in [0.2, 0.25) is 5.91 Å². The molecule has 1 atom stereocenters. The Kier molecular flexibility index (Phi) is 7.38. The summed E-state index contributed by atoms with van der Waals surface area (Å²) >= 11 is 1.11. The fraction of sp³-hybridized carbons (Fsp3) is 0.296. The molecule has 2 N–H and O–H groups in total. The molecule has 0 bridgehead atoms. The van der Waals surface area contributed by atoms with Gasteiger partial charge in [0, 0.05) is 31.9 Å². The van der Waals surface area contributed by atoms with Crippen molar-refractivity contribution in [2.24, 2.45) is 0 Å². The van der Waals surface area contributed by atoms with Crippen molar-refractivity contribution in [3.8, 4) is 17.1 Å². The zero-order valence-corrected chi connectivity index (χ0v) is 24.3. The van der Waals surface area contributed by atoms with E-state index in [4.69, 9.17) is 5.73 Å². The summed E-state index contributed by atoms with van der Waals surface area (Å²) in [5, 5.41) is 0.432. The first-order valence-electron chi connectivity index (χ1n) is 12.8. The molecule has 1 aliphatic heterocycles. The second-order valence-electron chi connectivity index (χ2n) is 9.73. The van der Waals surface area contributed by atoms with Crippen LogP contribution in [0.2, 0.25) is 0 Å². The Morgan fingerprint density at radius 1 is 1.27 bits per heavy atom. The number of aryl methyl sites for hydroxylation is 1. The number of carbonyl (C=O) groups excluding carboxylic acids is 1. The highest BCUT2D eigenvalue weighted by atomic mass is 32.2. The minimum Gasteiger partial charge on any atom is -0.389 e. The number of para-hydroxylation sites is 1. The third-order valence-corrected chi connectivity index (χ3v) is 8.88. The van der Waals surface area contributed by atoms with Gasteiger partial charge in [-0.25, -0.2) is 32.1 Å². The number of amides is 1. The van der Waals surface area contributed by atoms with Crippen molar-refractivity contribution in [3.63, 3.8) is 0 Å². The monoisotopic (exact) mass is 597 g/mol. The van der Waals surface area contributed by atoms with E-state index in [-0.39, 0.29) is 55.8 Å². The normalized spacial score (nSPS) is 15.9. The van der Waals surface area contributed by atoms with Crippen LogP contribution in [0, 0.1) is 5.82 Å². The van der Waals surface area contributed by atoms with E-state index < -0.39 is 21.3 Å². The van der Waals surface area contributed by atoms with Crippen LogP contribution in [0.5, 0.6) is 0 Å². The number of hydrogen-bond donors (Lipinski definition) is 1. The number of carbonyl (C=O) groups is 1. The van der Waals surface area contributed by atoms with Gasteiger partial charge in [-0.05, 0) is 37.1 Å². The first-order valence-corrected chi connectivity index (χ1v) is 15.6. The lowest BCUT2D eigenvalue weighted by molar-refractivity contribution is -0.126. The number of pyridine rings is 1. The molecule has 41 heavy (non-hydrogen) atoms. The van der Waals surface area contributed by atoms with Crippen LogP contribution >= 0.6 is 11.3 Å². The van der Waals surface area contributed by atoms with Crippen molar-refractivity contribution in [1.29, 1.82) is 0 Å². The zero-order valence-electron chi connectivity index (χ0n) is 22.7. The molecule has 0 saturated carbocycles. The number of rotatable bonds is 6. The number of aromatic nitrogens is 4. The molecule has 4 aromatic rings. The number of sulfone groups is 1. The molecule has 1 saturated heterocycles. The molecule has 0 radical (unpaired) electrons. The van der Waals surface area contributed by atoms with Crippen molar-refractivity contribution in [2.45, 2.75) is 31.2 Å². The SMILES string of the molecule is C=CC(=O)N1CCN(c2nc(=O)n(-c3c(CC)cccc3S(C)(=O)=O)c3nc(-c4ncsc4N)c(F)cc23)[C@@H](C)C1. The van der Waals surface area contributed by atoms with Gasteiger partial charge in [-0.1, -0.05) is 25.6 Å². The predicted octanol–water partition coefficient (Wildman–Crippen LogP) is 2.81. The van der Waals surface area contributed by atoms with E-state index in [2.05, 4.69) is 21.5 Å². The number of anilines is 2. The van der Waals surface area contributed by atoms with Crippen LogP contribution in [0.25, 0.3) is 28.1 Å². The first-order chi connectivity index (χ1) is 19.5. The van der Waals surface area contributed by atoms with Crippen molar-refractivity contribution in [1.82, 2.24) is 24.4 Å². The summed E-state index contributed by atoms with van der Waals surface area (Å²) in [6.07, 6.45) is 2.70. The Labute approximate surface area is 239 Å². The van der Waals surface area contributed by atoms with Gasteiger partial charge in [0.15, 0.2) is 21.3 Å². The topological polar surface area (TPSA) is 144 Å². The average Bonchev–Trinajstić information content (AvgIpc) is 3.36. The number of hydrogen-bond acceptors (Lipinski definition) is 10. The Hall–Kier alpha value is -4.17. The minimum absolute atomic E-state index is 0.00592. The summed E-state index contributed by atoms with van der Waals surface area (Å²) in [5.74, 6) is -0.769. The van der Waals surface area contributed by atoms with Gasteiger partial charge >= 0.3 is 5.69 Å². The molecule has 0 aliphatic carbocycles. The maximum absolute atomic E-state index is 15.7. The number of benzene rings is 1. The molecular formula is C27H28FN7O4S2.